The summed E-state index contributed by atoms with van der Waals surface area (Å²) in [6, 6.07) is 3.39. The van der Waals surface area contributed by atoms with E-state index in [1.807, 2.05) is 0 Å². The quantitative estimate of drug-likeness (QED) is 0.722. The summed E-state index contributed by atoms with van der Waals surface area (Å²) in [6.45, 7) is 5.45. The highest BCUT2D eigenvalue weighted by molar-refractivity contribution is 7.90. The lowest BCUT2D eigenvalue weighted by Crippen LogP contribution is -2.03. The van der Waals surface area contributed by atoms with Crippen molar-refractivity contribution in [3.05, 3.63) is 30.5 Å². The smallest absolute Gasteiger partial charge is 0.193 e. The van der Waals surface area contributed by atoms with E-state index in [0.717, 1.165) is 6.26 Å². The maximum Gasteiger partial charge on any atom is 0.193 e. The zero-order valence-electron chi connectivity index (χ0n) is 7.61. The average molecular weight is 197 g/mol. The summed E-state index contributed by atoms with van der Waals surface area (Å²) in [5, 5.41) is 0.0995. The molecule has 0 bridgehead atoms. The summed E-state index contributed by atoms with van der Waals surface area (Å²) in [4.78, 5) is 3.82. The normalized spacial score (nSPS) is 11.2. The van der Waals surface area contributed by atoms with E-state index in [4.69, 9.17) is 0 Å². The summed E-state index contributed by atoms with van der Waals surface area (Å²) in [6.07, 6.45) is 2.60. The third-order valence-corrected chi connectivity index (χ3v) is 2.61. The Balaban J connectivity index is 3.46. The van der Waals surface area contributed by atoms with Gasteiger partial charge >= 0.3 is 0 Å². The summed E-state index contributed by atoms with van der Waals surface area (Å²) in [5.74, 6) is 0. The average Bonchev–Trinajstić information content (AvgIpc) is 2.03. The first-order chi connectivity index (χ1) is 5.93. The molecule has 0 aliphatic heterocycles. The van der Waals surface area contributed by atoms with E-state index in [1.165, 1.54) is 6.20 Å². The van der Waals surface area contributed by atoms with E-state index < -0.39 is 9.84 Å². The van der Waals surface area contributed by atoms with Crippen molar-refractivity contribution in [1.82, 2.24) is 4.98 Å². The van der Waals surface area contributed by atoms with Gasteiger partial charge < -0.3 is 0 Å². The van der Waals surface area contributed by atoms with Gasteiger partial charge in [0.2, 0.25) is 0 Å². The molecule has 0 aliphatic carbocycles. The Hall–Kier alpha value is -1.16. The molecule has 70 valence electrons. The van der Waals surface area contributed by atoms with E-state index in [1.54, 1.807) is 19.1 Å². The van der Waals surface area contributed by atoms with Crippen LogP contribution >= 0.6 is 0 Å². The van der Waals surface area contributed by atoms with Gasteiger partial charge in [-0.15, -0.1) is 0 Å². The van der Waals surface area contributed by atoms with Crippen molar-refractivity contribution in [3.63, 3.8) is 0 Å². The number of sulfone groups is 1. The molecule has 0 saturated carbocycles. The molecule has 0 amide bonds. The molecule has 4 heteroatoms. The third kappa shape index (κ3) is 2.15. The molecule has 0 saturated heterocycles. The van der Waals surface area contributed by atoms with Gasteiger partial charge in [0.05, 0.1) is 0 Å². The van der Waals surface area contributed by atoms with Crippen LogP contribution in [0.1, 0.15) is 12.5 Å². The molecule has 0 spiro atoms. The van der Waals surface area contributed by atoms with Crippen molar-refractivity contribution in [1.29, 1.82) is 0 Å². The first kappa shape index (κ1) is 9.92. The standard InChI is InChI=1S/C9H11NO2S/c1-7(2)8-5-4-6-10-9(8)13(3,11)12/h4-6H,1H2,2-3H3. The summed E-state index contributed by atoms with van der Waals surface area (Å²) in [5.41, 5.74) is 1.29. The Bertz CT molecular complexity index is 435. The van der Waals surface area contributed by atoms with Gasteiger partial charge in [0, 0.05) is 18.0 Å². The van der Waals surface area contributed by atoms with Crippen molar-refractivity contribution in [2.45, 2.75) is 11.9 Å². The molecule has 0 aromatic carbocycles. The maximum atomic E-state index is 11.3. The van der Waals surface area contributed by atoms with Crippen molar-refractivity contribution in [2.24, 2.45) is 0 Å². The lowest BCUT2D eigenvalue weighted by Gasteiger charge is -2.04. The molecule has 3 nitrogen and oxygen atoms in total. The second-order valence-electron chi connectivity index (χ2n) is 2.91. The molecule has 1 aromatic heterocycles. The predicted molar refractivity (Wildman–Crippen MR) is 52.1 cm³/mol. The lowest BCUT2D eigenvalue weighted by molar-refractivity contribution is 0.598. The number of hydrogen-bond donors (Lipinski definition) is 0. The van der Waals surface area contributed by atoms with Gasteiger partial charge in [-0.3, -0.25) is 0 Å². The van der Waals surface area contributed by atoms with E-state index in [9.17, 15) is 8.42 Å². The van der Waals surface area contributed by atoms with Crippen LogP contribution in [-0.4, -0.2) is 19.7 Å². The van der Waals surface area contributed by atoms with E-state index in [0.29, 0.717) is 11.1 Å². The van der Waals surface area contributed by atoms with Gasteiger partial charge in [-0.2, -0.15) is 0 Å². The molecular weight excluding hydrogens is 186 g/mol. The second-order valence-corrected chi connectivity index (χ2v) is 4.84. The monoisotopic (exact) mass is 197 g/mol. The highest BCUT2D eigenvalue weighted by Crippen LogP contribution is 2.18. The van der Waals surface area contributed by atoms with Crippen LogP contribution in [-0.2, 0) is 9.84 Å². The Kier molecular flexibility index (Phi) is 2.52. The van der Waals surface area contributed by atoms with Crippen LogP contribution in [0.5, 0.6) is 0 Å². The minimum absolute atomic E-state index is 0.0995. The van der Waals surface area contributed by atoms with Crippen molar-refractivity contribution < 1.29 is 8.42 Å². The van der Waals surface area contributed by atoms with Gasteiger partial charge in [-0.25, -0.2) is 13.4 Å². The zero-order chi connectivity index (χ0) is 10.1. The highest BCUT2D eigenvalue weighted by atomic mass is 32.2. The molecule has 0 N–H and O–H groups in total. The number of allylic oxidation sites excluding steroid dienone is 1. The summed E-state index contributed by atoms with van der Waals surface area (Å²) >= 11 is 0. The Labute approximate surface area is 78.0 Å². The molecule has 13 heavy (non-hydrogen) atoms. The first-order valence-electron chi connectivity index (χ1n) is 3.74. The topological polar surface area (TPSA) is 47.0 Å². The fourth-order valence-electron chi connectivity index (χ4n) is 1.01. The molecule has 0 unspecified atom stereocenters. The number of hydrogen-bond acceptors (Lipinski definition) is 3. The number of pyridine rings is 1. The van der Waals surface area contributed by atoms with Gasteiger partial charge in [0.1, 0.15) is 0 Å². The molecule has 0 radical (unpaired) electrons. The Morgan fingerprint density at radius 2 is 2.15 bits per heavy atom. The fraction of sp³-hybridized carbons (Fsp3) is 0.222. The van der Waals surface area contributed by atoms with Crippen molar-refractivity contribution in [2.75, 3.05) is 6.26 Å². The van der Waals surface area contributed by atoms with Gasteiger partial charge in [0.25, 0.3) is 0 Å². The van der Waals surface area contributed by atoms with Crippen LogP contribution in [0.2, 0.25) is 0 Å². The lowest BCUT2D eigenvalue weighted by atomic mass is 10.2. The van der Waals surface area contributed by atoms with Crippen molar-refractivity contribution in [3.8, 4) is 0 Å². The molecular formula is C9H11NO2S. The predicted octanol–water partition coefficient (Wildman–Crippen LogP) is 1.52. The van der Waals surface area contributed by atoms with E-state index in [-0.39, 0.29) is 5.03 Å². The fourth-order valence-corrected chi connectivity index (χ4v) is 1.91. The third-order valence-electron chi connectivity index (χ3n) is 1.58. The van der Waals surface area contributed by atoms with Crippen LogP contribution in [0, 0.1) is 0 Å². The molecule has 0 atom stereocenters. The Morgan fingerprint density at radius 1 is 1.54 bits per heavy atom. The molecule has 1 heterocycles. The van der Waals surface area contributed by atoms with Crippen LogP contribution in [0.4, 0.5) is 0 Å². The van der Waals surface area contributed by atoms with Gasteiger partial charge in [-0.1, -0.05) is 12.6 Å². The maximum absolute atomic E-state index is 11.3. The largest absolute Gasteiger partial charge is 0.244 e. The van der Waals surface area contributed by atoms with Crippen LogP contribution in [0.15, 0.2) is 29.9 Å². The molecule has 0 fully saturated rings. The van der Waals surface area contributed by atoms with Gasteiger partial charge in [0.15, 0.2) is 14.9 Å². The Morgan fingerprint density at radius 3 is 2.54 bits per heavy atom. The van der Waals surface area contributed by atoms with Crippen molar-refractivity contribution >= 4 is 15.4 Å². The molecule has 1 rings (SSSR count). The number of nitrogens with zero attached hydrogens (tertiary/aromatic N) is 1. The SMILES string of the molecule is C=C(C)c1cccnc1S(C)(=O)=O. The number of rotatable bonds is 2. The van der Waals surface area contributed by atoms with E-state index >= 15 is 0 Å². The zero-order valence-corrected chi connectivity index (χ0v) is 8.43. The second kappa shape index (κ2) is 3.30. The summed E-state index contributed by atoms with van der Waals surface area (Å²) in [7, 11) is -3.25. The van der Waals surface area contributed by atoms with Crippen LogP contribution in [0.25, 0.3) is 5.57 Å². The van der Waals surface area contributed by atoms with E-state index in [2.05, 4.69) is 11.6 Å². The molecule has 1 aromatic rings. The minimum Gasteiger partial charge on any atom is -0.244 e. The van der Waals surface area contributed by atoms with Crippen LogP contribution < -0.4 is 0 Å². The minimum atomic E-state index is -3.25. The summed E-state index contributed by atoms with van der Waals surface area (Å²) < 4.78 is 22.5. The first-order valence-corrected chi connectivity index (χ1v) is 5.63. The number of aromatic nitrogens is 1. The molecule has 0 aliphatic rings. The van der Waals surface area contributed by atoms with Gasteiger partial charge in [-0.05, 0) is 18.6 Å². The highest BCUT2D eigenvalue weighted by Gasteiger charge is 2.13. The van der Waals surface area contributed by atoms with Crippen LogP contribution in [0.3, 0.4) is 0 Å².